The first-order valence-corrected chi connectivity index (χ1v) is 6.88. The first-order chi connectivity index (χ1) is 10.1. The average molecular weight is 287 g/mol. The Morgan fingerprint density at radius 2 is 2.05 bits per heavy atom. The van der Waals surface area contributed by atoms with Gasteiger partial charge in [0.05, 0.1) is 17.4 Å². The number of aliphatic hydroxyl groups excluding tert-OH is 1. The molecule has 0 aliphatic heterocycles. The van der Waals surface area contributed by atoms with Gasteiger partial charge in [0, 0.05) is 6.54 Å². The van der Waals surface area contributed by atoms with Crippen molar-refractivity contribution in [2.24, 2.45) is 5.92 Å². The fraction of sp³-hybridized carbons (Fsp3) is 0.400. The van der Waals surface area contributed by atoms with Crippen molar-refractivity contribution < 1.29 is 14.7 Å². The summed E-state index contributed by atoms with van der Waals surface area (Å²) in [6, 6.07) is 8.39. The zero-order valence-corrected chi connectivity index (χ0v) is 11.5. The SMILES string of the molecule is N#Cc1ccccc1NC(=O)C(=O)NCC[C@H](O)C1CC1. The van der Waals surface area contributed by atoms with Crippen LogP contribution >= 0.6 is 0 Å². The minimum absolute atomic E-state index is 0.254. The first kappa shape index (κ1) is 15.0. The van der Waals surface area contributed by atoms with Crippen LogP contribution in [0.2, 0.25) is 0 Å². The molecule has 0 bridgehead atoms. The number of carbonyl (C=O) groups excluding carboxylic acids is 2. The third-order valence-corrected chi connectivity index (χ3v) is 3.39. The highest BCUT2D eigenvalue weighted by molar-refractivity contribution is 6.39. The van der Waals surface area contributed by atoms with Crippen molar-refractivity contribution in [2.75, 3.05) is 11.9 Å². The Hall–Kier alpha value is -2.39. The number of nitrogens with one attached hydrogen (secondary N) is 2. The van der Waals surface area contributed by atoms with E-state index >= 15 is 0 Å². The van der Waals surface area contributed by atoms with Crippen LogP contribution in [0.25, 0.3) is 0 Å². The monoisotopic (exact) mass is 287 g/mol. The molecule has 21 heavy (non-hydrogen) atoms. The summed E-state index contributed by atoms with van der Waals surface area (Å²) < 4.78 is 0. The Labute approximate surface area is 122 Å². The fourth-order valence-corrected chi connectivity index (χ4v) is 2.00. The van der Waals surface area contributed by atoms with Gasteiger partial charge in [-0.2, -0.15) is 5.26 Å². The van der Waals surface area contributed by atoms with Gasteiger partial charge in [0.15, 0.2) is 0 Å². The number of para-hydroxylation sites is 1. The van der Waals surface area contributed by atoms with E-state index in [1.54, 1.807) is 24.3 Å². The maximum absolute atomic E-state index is 11.7. The van der Waals surface area contributed by atoms with Gasteiger partial charge in [0.1, 0.15) is 6.07 Å². The second-order valence-corrected chi connectivity index (χ2v) is 5.06. The van der Waals surface area contributed by atoms with Crippen LogP contribution in [0, 0.1) is 17.2 Å². The molecule has 2 rings (SSSR count). The summed E-state index contributed by atoms with van der Waals surface area (Å²) in [6.07, 6.45) is 2.09. The molecule has 1 saturated carbocycles. The van der Waals surface area contributed by atoms with Crippen LogP contribution < -0.4 is 10.6 Å². The van der Waals surface area contributed by atoms with Gasteiger partial charge in [-0.25, -0.2) is 0 Å². The number of amides is 2. The summed E-state index contributed by atoms with van der Waals surface area (Å²) in [5, 5.41) is 23.4. The quantitative estimate of drug-likeness (QED) is 0.696. The van der Waals surface area contributed by atoms with Crippen molar-refractivity contribution in [3.05, 3.63) is 29.8 Å². The molecule has 1 aliphatic rings. The Bertz CT molecular complexity index is 576. The predicted molar refractivity (Wildman–Crippen MR) is 76.1 cm³/mol. The number of aliphatic hydroxyl groups is 1. The van der Waals surface area contributed by atoms with Gasteiger partial charge in [-0.1, -0.05) is 12.1 Å². The third kappa shape index (κ3) is 4.29. The highest BCUT2D eigenvalue weighted by atomic mass is 16.3. The molecule has 2 amide bonds. The van der Waals surface area contributed by atoms with Crippen LogP contribution in [-0.2, 0) is 9.59 Å². The number of hydrogen-bond donors (Lipinski definition) is 3. The molecule has 0 aromatic heterocycles. The minimum Gasteiger partial charge on any atom is -0.393 e. The minimum atomic E-state index is -0.821. The number of rotatable bonds is 5. The highest BCUT2D eigenvalue weighted by Crippen LogP contribution is 2.33. The summed E-state index contributed by atoms with van der Waals surface area (Å²) in [5.74, 6) is -1.25. The van der Waals surface area contributed by atoms with Crippen LogP contribution in [0.1, 0.15) is 24.8 Å². The number of nitrogens with zero attached hydrogens (tertiary/aromatic N) is 1. The lowest BCUT2D eigenvalue weighted by atomic mass is 10.1. The molecule has 1 aromatic carbocycles. The average Bonchev–Trinajstić information content (AvgIpc) is 3.32. The number of benzene rings is 1. The Balaban J connectivity index is 1.79. The van der Waals surface area contributed by atoms with Gasteiger partial charge in [-0.15, -0.1) is 0 Å². The van der Waals surface area contributed by atoms with Crippen molar-refractivity contribution in [1.29, 1.82) is 5.26 Å². The van der Waals surface area contributed by atoms with E-state index in [-0.39, 0.29) is 6.54 Å². The van der Waals surface area contributed by atoms with Gasteiger partial charge in [-0.05, 0) is 37.3 Å². The van der Waals surface area contributed by atoms with Crippen molar-refractivity contribution in [3.8, 4) is 6.07 Å². The molecule has 1 aromatic rings. The molecular weight excluding hydrogens is 270 g/mol. The second-order valence-electron chi connectivity index (χ2n) is 5.06. The topological polar surface area (TPSA) is 102 Å². The van der Waals surface area contributed by atoms with Crippen LogP contribution in [-0.4, -0.2) is 29.6 Å². The van der Waals surface area contributed by atoms with Crippen LogP contribution in [0.5, 0.6) is 0 Å². The van der Waals surface area contributed by atoms with Crippen molar-refractivity contribution in [3.63, 3.8) is 0 Å². The summed E-state index contributed by atoms with van der Waals surface area (Å²) in [5.41, 5.74) is 0.598. The Morgan fingerprint density at radius 3 is 2.71 bits per heavy atom. The van der Waals surface area contributed by atoms with E-state index in [0.717, 1.165) is 12.8 Å². The summed E-state index contributed by atoms with van der Waals surface area (Å²) in [4.78, 5) is 23.3. The van der Waals surface area contributed by atoms with Crippen molar-refractivity contribution in [1.82, 2.24) is 5.32 Å². The zero-order valence-electron chi connectivity index (χ0n) is 11.5. The highest BCUT2D eigenvalue weighted by Gasteiger charge is 2.29. The first-order valence-electron chi connectivity index (χ1n) is 6.88. The zero-order chi connectivity index (χ0) is 15.2. The summed E-state index contributed by atoms with van der Waals surface area (Å²) in [6.45, 7) is 0.254. The molecule has 110 valence electrons. The molecule has 0 radical (unpaired) electrons. The van der Waals surface area contributed by atoms with Crippen molar-refractivity contribution >= 4 is 17.5 Å². The van der Waals surface area contributed by atoms with Gasteiger partial charge in [0.2, 0.25) is 0 Å². The summed E-state index contributed by atoms with van der Waals surface area (Å²) >= 11 is 0. The fourth-order valence-electron chi connectivity index (χ4n) is 2.00. The van der Waals surface area contributed by atoms with Crippen molar-refractivity contribution in [2.45, 2.75) is 25.4 Å². The van der Waals surface area contributed by atoms with E-state index in [1.165, 1.54) is 0 Å². The van der Waals surface area contributed by atoms with E-state index in [0.29, 0.717) is 23.6 Å². The summed E-state index contributed by atoms with van der Waals surface area (Å²) in [7, 11) is 0. The lowest BCUT2D eigenvalue weighted by Gasteiger charge is -2.10. The van der Waals surface area contributed by atoms with E-state index < -0.39 is 17.9 Å². The van der Waals surface area contributed by atoms with Gasteiger partial charge >= 0.3 is 11.8 Å². The van der Waals surface area contributed by atoms with Gasteiger partial charge < -0.3 is 15.7 Å². The maximum Gasteiger partial charge on any atom is 0.313 e. The molecule has 0 saturated heterocycles. The molecule has 0 heterocycles. The maximum atomic E-state index is 11.7. The molecule has 0 spiro atoms. The smallest absolute Gasteiger partial charge is 0.313 e. The Morgan fingerprint density at radius 1 is 1.33 bits per heavy atom. The van der Waals surface area contributed by atoms with E-state index in [9.17, 15) is 14.7 Å². The van der Waals surface area contributed by atoms with E-state index in [4.69, 9.17) is 5.26 Å². The lowest BCUT2D eigenvalue weighted by Crippen LogP contribution is -2.37. The molecule has 1 atom stereocenters. The van der Waals surface area contributed by atoms with E-state index in [1.807, 2.05) is 6.07 Å². The van der Waals surface area contributed by atoms with Gasteiger partial charge in [0.25, 0.3) is 0 Å². The molecule has 3 N–H and O–H groups in total. The largest absolute Gasteiger partial charge is 0.393 e. The predicted octanol–water partition coefficient (Wildman–Crippen LogP) is 0.774. The standard InChI is InChI=1S/C15H17N3O3/c16-9-11-3-1-2-4-12(11)18-15(21)14(20)17-8-7-13(19)10-5-6-10/h1-4,10,13,19H,5-8H2,(H,17,20)(H,18,21)/t13-/m0/s1. The molecule has 6 nitrogen and oxygen atoms in total. The van der Waals surface area contributed by atoms with Crippen LogP contribution in [0.4, 0.5) is 5.69 Å². The number of hydrogen-bond acceptors (Lipinski definition) is 4. The normalized spacial score (nSPS) is 14.9. The van der Waals surface area contributed by atoms with Crippen LogP contribution in [0.15, 0.2) is 24.3 Å². The number of carbonyl (C=O) groups is 2. The number of anilines is 1. The van der Waals surface area contributed by atoms with E-state index in [2.05, 4.69) is 10.6 Å². The molecule has 0 unspecified atom stereocenters. The number of nitriles is 1. The third-order valence-electron chi connectivity index (χ3n) is 3.39. The van der Waals surface area contributed by atoms with Crippen LogP contribution in [0.3, 0.4) is 0 Å². The molecule has 1 aliphatic carbocycles. The molecule has 1 fully saturated rings. The molecular formula is C15H17N3O3. The van der Waals surface area contributed by atoms with Gasteiger partial charge in [-0.3, -0.25) is 9.59 Å². The lowest BCUT2D eigenvalue weighted by molar-refractivity contribution is -0.136. The Kier molecular flexibility index (Phi) is 4.90. The molecule has 6 heteroatoms. The second kappa shape index (κ2) is 6.86.